The van der Waals surface area contributed by atoms with Gasteiger partial charge in [-0.1, -0.05) is 34.1 Å². The van der Waals surface area contributed by atoms with Gasteiger partial charge in [0.05, 0.1) is 12.7 Å². The molecule has 3 atom stereocenters. The summed E-state index contributed by atoms with van der Waals surface area (Å²) in [6.07, 6.45) is 4.07. The molecule has 0 amide bonds. The summed E-state index contributed by atoms with van der Waals surface area (Å²) in [5.74, 6) is 0.670. The van der Waals surface area contributed by atoms with Gasteiger partial charge in [0, 0.05) is 0 Å². The fourth-order valence-corrected chi connectivity index (χ4v) is 2.11. The summed E-state index contributed by atoms with van der Waals surface area (Å²) < 4.78 is 5.36. The summed E-state index contributed by atoms with van der Waals surface area (Å²) in [5, 5.41) is 8.87. The molecule has 0 radical (unpaired) electrons. The van der Waals surface area contributed by atoms with E-state index >= 15 is 0 Å². The average molecular weight is 200 g/mol. The van der Waals surface area contributed by atoms with Crippen LogP contribution in [0.3, 0.4) is 0 Å². The van der Waals surface area contributed by atoms with Gasteiger partial charge >= 0.3 is 0 Å². The van der Waals surface area contributed by atoms with Gasteiger partial charge in [-0.15, -0.1) is 0 Å². The van der Waals surface area contributed by atoms with Crippen molar-refractivity contribution < 1.29 is 9.84 Å². The van der Waals surface area contributed by atoms with Crippen LogP contribution in [0, 0.1) is 11.3 Å². The van der Waals surface area contributed by atoms with Crippen LogP contribution in [0.2, 0.25) is 0 Å². The summed E-state index contributed by atoms with van der Waals surface area (Å²) in [6.45, 7) is 9.38. The highest BCUT2D eigenvalue weighted by molar-refractivity contribution is 4.88. The van der Waals surface area contributed by atoms with Crippen LogP contribution in [0.4, 0.5) is 0 Å². The van der Waals surface area contributed by atoms with E-state index in [1.807, 2.05) is 0 Å². The first-order valence-corrected chi connectivity index (χ1v) is 5.77. The number of aliphatic hydroxyl groups excluding tert-OH is 1. The van der Waals surface area contributed by atoms with Crippen LogP contribution in [0.25, 0.3) is 0 Å². The molecule has 2 heteroatoms. The Bertz CT molecular complexity index is 177. The molecule has 14 heavy (non-hydrogen) atoms. The molecular weight excluding hydrogens is 176 g/mol. The smallest absolute Gasteiger partial charge is 0.107 e. The van der Waals surface area contributed by atoms with E-state index in [-0.39, 0.29) is 12.7 Å². The first-order chi connectivity index (χ1) is 6.51. The highest BCUT2D eigenvalue weighted by Crippen LogP contribution is 2.39. The molecule has 1 rings (SSSR count). The zero-order valence-electron chi connectivity index (χ0n) is 9.92. The van der Waals surface area contributed by atoms with Crippen molar-refractivity contribution in [3.8, 4) is 0 Å². The van der Waals surface area contributed by atoms with E-state index in [1.165, 1.54) is 12.8 Å². The van der Waals surface area contributed by atoms with E-state index < -0.39 is 0 Å². The maximum atomic E-state index is 8.87. The predicted octanol–water partition coefficient (Wildman–Crippen LogP) is 2.60. The lowest BCUT2D eigenvalue weighted by atomic mass is 9.74. The third kappa shape index (κ3) is 2.96. The molecule has 1 aliphatic rings. The first kappa shape index (κ1) is 12.0. The molecule has 3 unspecified atom stereocenters. The summed E-state index contributed by atoms with van der Waals surface area (Å²) in [6, 6.07) is 0. The Balaban J connectivity index is 2.30. The van der Waals surface area contributed by atoms with E-state index in [1.54, 1.807) is 0 Å². The molecule has 1 N–H and O–H groups in total. The molecular formula is C12H24O2. The van der Waals surface area contributed by atoms with Gasteiger partial charge in [0.25, 0.3) is 0 Å². The molecule has 0 aromatic rings. The van der Waals surface area contributed by atoms with Crippen molar-refractivity contribution in [1.82, 2.24) is 0 Å². The second-order valence-corrected chi connectivity index (χ2v) is 5.27. The van der Waals surface area contributed by atoms with Gasteiger partial charge in [-0.3, -0.25) is 0 Å². The standard InChI is InChI=1S/C12H24O2/c1-5-6-12(3,4)9(2)7-10-11(8-13)14-10/h9-11,13H,5-8H2,1-4H3. The number of hydrogen-bond acceptors (Lipinski definition) is 2. The van der Waals surface area contributed by atoms with Crippen LogP contribution in [-0.2, 0) is 4.74 Å². The minimum Gasteiger partial charge on any atom is -0.394 e. The Labute approximate surface area is 87.7 Å². The van der Waals surface area contributed by atoms with E-state index in [9.17, 15) is 0 Å². The molecule has 1 saturated heterocycles. The normalized spacial score (nSPS) is 28.9. The van der Waals surface area contributed by atoms with Crippen molar-refractivity contribution in [2.24, 2.45) is 11.3 Å². The number of hydrogen-bond donors (Lipinski definition) is 1. The van der Waals surface area contributed by atoms with Gasteiger partial charge in [0.1, 0.15) is 6.10 Å². The quantitative estimate of drug-likeness (QED) is 0.668. The minimum atomic E-state index is 0.134. The lowest BCUT2D eigenvalue weighted by Crippen LogP contribution is -2.23. The second-order valence-electron chi connectivity index (χ2n) is 5.27. The van der Waals surface area contributed by atoms with Gasteiger partial charge in [-0.05, 0) is 24.2 Å². The maximum Gasteiger partial charge on any atom is 0.107 e. The lowest BCUT2D eigenvalue weighted by Gasteiger charge is -2.31. The topological polar surface area (TPSA) is 32.8 Å². The molecule has 0 saturated carbocycles. The number of epoxide rings is 1. The van der Waals surface area contributed by atoms with Crippen molar-refractivity contribution in [2.75, 3.05) is 6.61 Å². The third-order valence-corrected chi connectivity index (χ3v) is 3.68. The second kappa shape index (κ2) is 4.63. The van der Waals surface area contributed by atoms with Crippen LogP contribution >= 0.6 is 0 Å². The van der Waals surface area contributed by atoms with E-state index in [0.717, 1.165) is 6.42 Å². The minimum absolute atomic E-state index is 0.134. The molecule has 0 aromatic carbocycles. The van der Waals surface area contributed by atoms with Crippen LogP contribution < -0.4 is 0 Å². The fraction of sp³-hybridized carbons (Fsp3) is 1.00. The summed E-state index contributed by atoms with van der Waals surface area (Å²) in [4.78, 5) is 0. The zero-order valence-corrected chi connectivity index (χ0v) is 9.92. The molecule has 2 nitrogen and oxygen atoms in total. The molecule has 1 heterocycles. The Morgan fingerprint density at radius 3 is 2.43 bits per heavy atom. The van der Waals surface area contributed by atoms with Gasteiger partial charge in [-0.2, -0.15) is 0 Å². The van der Waals surface area contributed by atoms with Crippen LogP contribution in [0.1, 0.15) is 47.0 Å². The highest BCUT2D eigenvalue weighted by atomic mass is 16.6. The number of rotatable bonds is 6. The Hall–Kier alpha value is -0.0800. The van der Waals surface area contributed by atoms with Gasteiger partial charge in [-0.25, -0.2) is 0 Å². The zero-order chi connectivity index (χ0) is 10.8. The van der Waals surface area contributed by atoms with E-state index in [4.69, 9.17) is 9.84 Å². The SMILES string of the molecule is CCCC(C)(C)C(C)CC1OC1CO. The lowest BCUT2D eigenvalue weighted by molar-refractivity contribution is 0.183. The maximum absolute atomic E-state index is 8.87. The molecule has 84 valence electrons. The van der Waals surface area contributed by atoms with Crippen molar-refractivity contribution >= 4 is 0 Å². The first-order valence-electron chi connectivity index (χ1n) is 5.77. The number of aliphatic hydroxyl groups is 1. The monoisotopic (exact) mass is 200 g/mol. The highest BCUT2D eigenvalue weighted by Gasteiger charge is 2.41. The molecule has 0 spiro atoms. The fourth-order valence-electron chi connectivity index (χ4n) is 2.11. The van der Waals surface area contributed by atoms with Gasteiger partial charge < -0.3 is 9.84 Å². The van der Waals surface area contributed by atoms with Crippen molar-refractivity contribution in [3.05, 3.63) is 0 Å². The van der Waals surface area contributed by atoms with Crippen molar-refractivity contribution in [3.63, 3.8) is 0 Å². The summed E-state index contributed by atoms with van der Waals surface area (Å²) in [5.41, 5.74) is 0.403. The van der Waals surface area contributed by atoms with Gasteiger partial charge in [0.2, 0.25) is 0 Å². The molecule has 1 aliphatic heterocycles. The summed E-state index contributed by atoms with van der Waals surface area (Å²) >= 11 is 0. The van der Waals surface area contributed by atoms with Crippen molar-refractivity contribution in [2.45, 2.75) is 59.2 Å². The van der Waals surface area contributed by atoms with Crippen LogP contribution in [0.15, 0.2) is 0 Å². The van der Waals surface area contributed by atoms with Gasteiger partial charge in [0.15, 0.2) is 0 Å². The predicted molar refractivity (Wildman–Crippen MR) is 58.2 cm³/mol. The largest absolute Gasteiger partial charge is 0.394 e. The Morgan fingerprint density at radius 2 is 2.00 bits per heavy atom. The van der Waals surface area contributed by atoms with E-state index in [0.29, 0.717) is 17.4 Å². The van der Waals surface area contributed by atoms with Crippen LogP contribution in [0.5, 0.6) is 0 Å². The molecule has 0 aromatic heterocycles. The van der Waals surface area contributed by atoms with Crippen molar-refractivity contribution in [1.29, 1.82) is 0 Å². The van der Waals surface area contributed by atoms with E-state index in [2.05, 4.69) is 27.7 Å². The third-order valence-electron chi connectivity index (χ3n) is 3.68. The average Bonchev–Trinajstić information content (AvgIpc) is 2.83. The Morgan fingerprint density at radius 1 is 1.36 bits per heavy atom. The molecule has 0 bridgehead atoms. The van der Waals surface area contributed by atoms with Crippen LogP contribution in [-0.4, -0.2) is 23.9 Å². The molecule has 0 aliphatic carbocycles. The molecule has 1 fully saturated rings. The number of ether oxygens (including phenoxy) is 1. The Kier molecular flexibility index (Phi) is 3.96. The summed E-state index contributed by atoms with van der Waals surface area (Å²) in [7, 11) is 0.